The normalized spacial score (nSPS) is 17.8. The van der Waals surface area contributed by atoms with E-state index < -0.39 is 0 Å². The van der Waals surface area contributed by atoms with Crippen molar-refractivity contribution in [2.75, 3.05) is 0 Å². The summed E-state index contributed by atoms with van der Waals surface area (Å²) in [4.78, 5) is 12.2. The van der Waals surface area contributed by atoms with Gasteiger partial charge in [0.25, 0.3) is 5.91 Å². The monoisotopic (exact) mass is 367 g/mol. The van der Waals surface area contributed by atoms with Crippen molar-refractivity contribution in [2.45, 2.75) is 25.3 Å². The lowest BCUT2D eigenvalue weighted by Crippen LogP contribution is -2.39. The average molecular weight is 367 g/mol. The zero-order valence-corrected chi connectivity index (χ0v) is 12.5. The largest absolute Gasteiger partial charge is 0.349 e. The average Bonchev–Trinajstić information content (AvgIpc) is 2.86. The number of aromatic amines is 1. The van der Waals surface area contributed by atoms with Gasteiger partial charge >= 0.3 is 0 Å². The smallest absolute Gasteiger partial charge is 0.252 e. The highest BCUT2D eigenvalue weighted by atomic mass is 127. The van der Waals surface area contributed by atoms with Crippen molar-refractivity contribution in [3.05, 3.63) is 50.9 Å². The number of carbonyl (C=O) groups is 1. The Morgan fingerprint density at radius 1 is 1.42 bits per heavy atom. The van der Waals surface area contributed by atoms with Crippen LogP contribution in [0.15, 0.2) is 30.5 Å². The molecule has 98 valence electrons. The van der Waals surface area contributed by atoms with Gasteiger partial charge in [-0.05, 0) is 53.1 Å². The SMILES string of the molecule is O=C(NC1CCc2cn[nH]c2C1)c1ccccc1I. The van der Waals surface area contributed by atoms with E-state index in [1.165, 1.54) is 5.56 Å². The zero-order valence-electron chi connectivity index (χ0n) is 10.3. The van der Waals surface area contributed by atoms with E-state index in [0.717, 1.165) is 34.1 Å². The Bertz CT molecular complexity index is 608. The lowest BCUT2D eigenvalue weighted by atomic mass is 9.93. The van der Waals surface area contributed by atoms with Crippen molar-refractivity contribution in [3.8, 4) is 0 Å². The summed E-state index contributed by atoms with van der Waals surface area (Å²) >= 11 is 2.19. The number of rotatable bonds is 2. The van der Waals surface area contributed by atoms with E-state index in [0.29, 0.717) is 0 Å². The zero-order chi connectivity index (χ0) is 13.2. The number of amides is 1. The summed E-state index contributed by atoms with van der Waals surface area (Å²) in [7, 11) is 0. The van der Waals surface area contributed by atoms with Gasteiger partial charge in [0.05, 0.1) is 11.8 Å². The highest BCUT2D eigenvalue weighted by Crippen LogP contribution is 2.19. The fraction of sp³-hybridized carbons (Fsp3) is 0.286. The molecule has 1 atom stereocenters. The lowest BCUT2D eigenvalue weighted by Gasteiger charge is -2.23. The number of hydrogen-bond acceptors (Lipinski definition) is 2. The van der Waals surface area contributed by atoms with Crippen LogP contribution in [0.2, 0.25) is 0 Å². The molecule has 1 aliphatic rings. The molecule has 0 bridgehead atoms. The van der Waals surface area contributed by atoms with Gasteiger partial charge in [0.15, 0.2) is 0 Å². The second kappa shape index (κ2) is 5.32. The summed E-state index contributed by atoms with van der Waals surface area (Å²) in [5, 5.41) is 10.2. The molecule has 0 saturated heterocycles. The first kappa shape index (κ1) is 12.7. The van der Waals surface area contributed by atoms with Gasteiger partial charge in [0.2, 0.25) is 0 Å². The number of H-pyrrole nitrogens is 1. The third kappa shape index (κ3) is 2.65. The summed E-state index contributed by atoms with van der Waals surface area (Å²) in [6.45, 7) is 0. The minimum absolute atomic E-state index is 0.0120. The number of aryl methyl sites for hydroxylation is 1. The molecule has 1 aromatic heterocycles. The van der Waals surface area contributed by atoms with Crippen LogP contribution in [0.5, 0.6) is 0 Å². The molecule has 5 heteroatoms. The molecular formula is C14H14IN3O. The molecule has 2 aromatic rings. The first-order valence-electron chi connectivity index (χ1n) is 6.30. The van der Waals surface area contributed by atoms with E-state index in [4.69, 9.17) is 0 Å². The topological polar surface area (TPSA) is 57.8 Å². The maximum Gasteiger partial charge on any atom is 0.252 e. The molecule has 0 spiro atoms. The van der Waals surface area contributed by atoms with E-state index in [9.17, 15) is 4.79 Å². The van der Waals surface area contributed by atoms with Gasteiger partial charge in [-0.3, -0.25) is 9.89 Å². The molecule has 0 fully saturated rings. The molecule has 1 heterocycles. The molecule has 0 saturated carbocycles. The number of nitrogens with one attached hydrogen (secondary N) is 2. The summed E-state index contributed by atoms with van der Waals surface area (Å²) in [5.74, 6) is 0.0120. The summed E-state index contributed by atoms with van der Waals surface area (Å²) < 4.78 is 0.982. The second-order valence-electron chi connectivity index (χ2n) is 4.77. The Morgan fingerprint density at radius 2 is 2.26 bits per heavy atom. The molecule has 1 aromatic carbocycles. The van der Waals surface area contributed by atoms with Crippen LogP contribution in [0.1, 0.15) is 28.0 Å². The number of halogens is 1. The maximum atomic E-state index is 12.2. The number of fused-ring (bicyclic) bond motifs is 1. The Morgan fingerprint density at radius 3 is 3.11 bits per heavy atom. The number of carbonyl (C=O) groups excluding carboxylic acids is 1. The van der Waals surface area contributed by atoms with Crippen molar-refractivity contribution in [3.63, 3.8) is 0 Å². The first-order chi connectivity index (χ1) is 9.24. The molecule has 1 unspecified atom stereocenters. The van der Waals surface area contributed by atoms with Gasteiger partial charge in [-0.2, -0.15) is 5.10 Å². The number of aromatic nitrogens is 2. The Balaban J connectivity index is 1.70. The molecule has 0 radical (unpaired) electrons. The highest BCUT2D eigenvalue weighted by Gasteiger charge is 2.22. The van der Waals surface area contributed by atoms with Crippen LogP contribution < -0.4 is 5.32 Å². The van der Waals surface area contributed by atoms with Gasteiger partial charge < -0.3 is 5.32 Å². The van der Waals surface area contributed by atoms with E-state index in [2.05, 4.69) is 38.1 Å². The third-order valence-electron chi connectivity index (χ3n) is 3.47. The van der Waals surface area contributed by atoms with Gasteiger partial charge in [0.1, 0.15) is 0 Å². The Hall–Kier alpha value is -1.37. The summed E-state index contributed by atoms with van der Waals surface area (Å²) in [6.07, 6.45) is 4.67. The first-order valence-corrected chi connectivity index (χ1v) is 7.38. The van der Waals surface area contributed by atoms with E-state index in [1.807, 2.05) is 30.5 Å². The summed E-state index contributed by atoms with van der Waals surface area (Å²) in [6, 6.07) is 7.84. The standard InChI is InChI=1S/C14H14IN3O/c15-12-4-2-1-3-11(12)14(19)17-10-6-5-9-8-16-18-13(9)7-10/h1-4,8,10H,5-7H2,(H,16,18)(H,17,19). The molecule has 1 amide bonds. The van der Waals surface area contributed by atoms with Crippen molar-refractivity contribution in [2.24, 2.45) is 0 Å². The predicted octanol–water partition coefficient (Wildman–Crippen LogP) is 2.30. The number of benzene rings is 1. The van der Waals surface area contributed by atoms with Crippen LogP contribution in [0, 0.1) is 3.57 Å². The third-order valence-corrected chi connectivity index (χ3v) is 4.41. The molecule has 19 heavy (non-hydrogen) atoms. The van der Waals surface area contributed by atoms with Crippen LogP contribution in [0.3, 0.4) is 0 Å². The van der Waals surface area contributed by atoms with E-state index in [-0.39, 0.29) is 11.9 Å². The van der Waals surface area contributed by atoms with Crippen LogP contribution in [-0.2, 0) is 12.8 Å². The van der Waals surface area contributed by atoms with Gasteiger partial charge in [0, 0.05) is 21.7 Å². The molecule has 1 aliphatic carbocycles. The molecule has 0 aliphatic heterocycles. The Labute approximate surface area is 125 Å². The second-order valence-corrected chi connectivity index (χ2v) is 5.93. The van der Waals surface area contributed by atoms with Crippen LogP contribution in [-0.4, -0.2) is 22.1 Å². The quantitative estimate of drug-likeness (QED) is 0.801. The van der Waals surface area contributed by atoms with E-state index in [1.54, 1.807) is 0 Å². The van der Waals surface area contributed by atoms with Crippen molar-refractivity contribution >= 4 is 28.5 Å². The minimum Gasteiger partial charge on any atom is -0.349 e. The van der Waals surface area contributed by atoms with Crippen molar-refractivity contribution < 1.29 is 4.79 Å². The minimum atomic E-state index is 0.0120. The van der Waals surface area contributed by atoms with E-state index >= 15 is 0 Å². The van der Waals surface area contributed by atoms with Crippen LogP contribution >= 0.6 is 22.6 Å². The Kier molecular flexibility index (Phi) is 3.54. The predicted molar refractivity (Wildman–Crippen MR) is 81.0 cm³/mol. The number of hydrogen-bond donors (Lipinski definition) is 2. The molecule has 4 nitrogen and oxygen atoms in total. The lowest BCUT2D eigenvalue weighted by molar-refractivity contribution is 0.0932. The van der Waals surface area contributed by atoms with Crippen molar-refractivity contribution in [1.82, 2.24) is 15.5 Å². The summed E-state index contributed by atoms with van der Waals surface area (Å²) in [5.41, 5.74) is 3.18. The fourth-order valence-corrected chi connectivity index (χ4v) is 3.07. The van der Waals surface area contributed by atoms with Gasteiger partial charge in [-0.1, -0.05) is 12.1 Å². The molecule has 3 rings (SSSR count). The molecular weight excluding hydrogens is 353 g/mol. The van der Waals surface area contributed by atoms with Gasteiger partial charge in [-0.15, -0.1) is 0 Å². The van der Waals surface area contributed by atoms with Crippen molar-refractivity contribution in [1.29, 1.82) is 0 Å². The van der Waals surface area contributed by atoms with Gasteiger partial charge in [-0.25, -0.2) is 0 Å². The molecule has 2 N–H and O–H groups in total. The highest BCUT2D eigenvalue weighted by molar-refractivity contribution is 14.1. The van der Waals surface area contributed by atoms with Crippen LogP contribution in [0.25, 0.3) is 0 Å². The maximum absolute atomic E-state index is 12.2. The van der Waals surface area contributed by atoms with Crippen LogP contribution in [0.4, 0.5) is 0 Å². The number of nitrogens with zero attached hydrogens (tertiary/aromatic N) is 1. The fourth-order valence-electron chi connectivity index (χ4n) is 2.44.